The van der Waals surface area contributed by atoms with Crippen LogP contribution >= 0.6 is 0 Å². The summed E-state index contributed by atoms with van der Waals surface area (Å²) in [6.07, 6.45) is 3.56. The van der Waals surface area contributed by atoms with Crippen LogP contribution in [0.4, 0.5) is 0 Å². The number of ether oxygens (including phenoxy) is 1. The van der Waals surface area contributed by atoms with Gasteiger partial charge in [0.15, 0.2) is 17.0 Å². The molecule has 0 aliphatic carbocycles. The first-order chi connectivity index (χ1) is 15.6. The largest absolute Gasteiger partial charge is 0.466 e. The van der Waals surface area contributed by atoms with Gasteiger partial charge in [-0.15, -0.1) is 0 Å². The zero-order valence-electron chi connectivity index (χ0n) is 17.3. The Hall–Kier alpha value is -4.33. The van der Waals surface area contributed by atoms with Gasteiger partial charge >= 0.3 is 5.97 Å². The molecule has 4 rings (SSSR count). The third-order valence-corrected chi connectivity index (χ3v) is 4.90. The maximum absolute atomic E-state index is 13.1. The van der Waals surface area contributed by atoms with Crippen molar-refractivity contribution >= 4 is 22.9 Å². The van der Waals surface area contributed by atoms with Crippen molar-refractivity contribution in [1.29, 1.82) is 0 Å². The molecule has 0 bridgehead atoms. The van der Waals surface area contributed by atoms with E-state index in [0.29, 0.717) is 18.7 Å². The molecule has 0 aliphatic heterocycles. The topological polar surface area (TPSA) is 96.1 Å². The van der Waals surface area contributed by atoms with Gasteiger partial charge in [-0.1, -0.05) is 60.7 Å². The first kappa shape index (κ1) is 20.9. The first-order valence-electron chi connectivity index (χ1n) is 9.90. The molecule has 8 nitrogen and oxygen atoms in total. The fourth-order valence-corrected chi connectivity index (χ4v) is 3.31. The van der Waals surface area contributed by atoms with Crippen molar-refractivity contribution in [3.63, 3.8) is 0 Å². The van der Waals surface area contributed by atoms with E-state index in [1.54, 1.807) is 4.57 Å². The molecule has 0 amide bonds. The third kappa shape index (κ3) is 4.39. The number of nitrogens with zero attached hydrogens (tertiary/aromatic N) is 4. The lowest BCUT2D eigenvalue weighted by molar-refractivity contribution is -0.134. The number of fused-ring (bicyclic) bond motifs is 1. The normalized spacial score (nSPS) is 11.2. The number of esters is 1. The summed E-state index contributed by atoms with van der Waals surface area (Å²) in [6, 6.07) is 19.0. The molecule has 8 heteroatoms. The second-order valence-electron chi connectivity index (χ2n) is 7.06. The lowest BCUT2D eigenvalue weighted by Gasteiger charge is -2.08. The Morgan fingerprint density at radius 1 is 0.938 bits per heavy atom. The summed E-state index contributed by atoms with van der Waals surface area (Å²) in [5, 5.41) is 0. The fraction of sp³-hybridized carbons (Fsp3) is 0.125. The summed E-state index contributed by atoms with van der Waals surface area (Å²) in [5.41, 5.74) is 1.90. The zero-order chi connectivity index (χ0) is 22.5. The number of aromatic nitrogens is 4. The van der Waals surface area contributed by atoms with Crippen LogP contribution in [0.2, 0.25) is 0 Å². The standard InChI is InChI=1S/C24H20N4O4/c1-32-20(30)13-12-19(29)22-26-21-23(28(22)15-18-10-6-3-7-11-18)25-16-27(24(21)31)14-17-8-4-2-5-9-17/h2-13,16H,14-15H2,1H3/b13-12+. The maximum Gasteiger partial charge on any atom is 0.330 e. The molecule has 160 valence electrons. The van der Waals surface area contributed by atoms with Crippen LogP contribution in [0.25, 0.3) is 11.2 Å². The molecule has 0 unspecified atom stereocenters. The van der Waals surface area contributed by atoms with Gasteiger partial charge in [-0.2, -0.15) is 0 Å². The van der Waals surface area contributed by atoms with Gasteiger partial charge in [0.25, 0.3) is 5.56 Å². The minimum Gasteiger partial charge on any atom is -0.466 e. The summed E-state index contributed by atoms with van der Waals surface area (Å²) in [6.45, 7) is 0.624. The van der Waals surface area contributed by atoms with Crippen LogP contribution in [0.5, 0.6) is 0 Å². The Morgan fingerprint density at radius 3 is 2.19 bits per heavy atom. The zero-order valence-corrected chi connectivity index (χ0v) is 17.3. The average Bonchev–Trinajstić information content (AvgIpc) is 3.19. The molecule has 0 fully saturated rings. The van der Waals surface area contributed by atoms with Crippen LogP contribution in [0.15, 0.2) is 83.9 Å². The van der Waals surface area contributed by atoms with Crippen LogP contribution < -0.4 is 5.56 Å². The quantitative estimate of drug-likeness (QED) is 0.255. The van der Waals surface area contributed by atoms with Crippen LogP contribution in [-0.2, 0) is 22.6 Å². The van der Waals surface area contributed by atoms with Gasteiger partial charge < -0.3 is 9.30 Å². The number of hydrogen-bond acceptors (Lipinski definition) is 6. The molecule has 0 saturated carbocycles. The second-order valence-corrected chi connectivity index (χ2v) is 7.06. The van der Waals surface area contributed by atoms with Gasteiger partial charge in [0.1, 0.15) is 6.33 Å². The molecular formula is C24H20N4O4. The number of methoxy groups -OCH3 is 1. The van der Waals surface area contributed by atoms with E-state index in [1.165, 1.54) is 18.0 Å². The summed E-state index contributed by atoms with van der Waals surface area (Å²) in [5.74, 6) is -1.17. The summed E-state index contributed by atoms with van der Waals surface area (Å²) in [4.78, 5) is 46.1. The number of ketones is 1. The molecule has 0 atom stereocenters. The number of benzene rings is 2. The predicted octanol–water partition coefficient (Wildman–Crippen LogP) is 2.60. The summed E-state index contributed by atoms with van der Waals surface area (Å²) in [7, 11) is 1.22. The number of hydrogen-bond donors (Lipinski definition) is 0. The molecule has 0 spiro atoms. The Balaban J connectivity index is 1.81. The highest BCUT2D eigenvalue weighted by Gasteiger charge is 2.20. The Kier molecular flexibility index (Phi) is 6.03. The van der Waals surface area contributed by atoms with Gasteiger partial charge in [0, 0.05) is 6.08 Å². The highest BCUT2D eigenvalue weighted by atomic mass is 16.5. The minimum atomic E-state index is -0.660. The molecule has 2 aromatic heterocycles. The van der Waals surface area contributed by atoms with Crippen molar-refractivity contribution in [2.45, 2.75) is 13.1 Å². The molecule has 0 radical (unpaired) electrons. The van der Waals surface area contributed by atoms with Crippen molar-refractivity contribution in [3.8, 4) is 0 Å². The average molecular weight is 428 g/mol. The molecule has 0 aliphatic rings. The van der Waals surface area contributed by atoms with E-state index < -0.39 is 11.8 Å². The molecule has 0 N–H and O–H groups in total. The smallest absolute Gasteiger partial charge is 0.330 e. The van der Waals surface area contributed by atoms with Crippen molar-refractivity contribution in [2.75, 3.05) is 7.11 Å². The second kappa shape index (κ2) is 9.22. The first-order valence-corrected chi connectivity index (χ1v) is 9.90. The molecule has 0 saturated heterocycles. The summed E-state index contributed by atoms with van der Waals surface area (Å²) >= 11 is 0. The van der Waals surface area contributed by atoms with Crippen LogP contribution in [0, 0.1) is 0 Å². The van der Waals surface area contributed by atoms with E-state index in [2.05, 4.69) is 14.7 Å². The van der Waals surface area contributed by atoms with Crippen LogP contribution in [-0.4, -0.2) is 38.0 Å². The van der Waals surface area contributed by atoms with Crippen molar-refractivity contribution in [1.82, 2.24) is 19.1 Å². The lowest BCUT2D eigenvalue weighted by Crippen LogP contribution is -2.21. The van der Waals surface area contributed by atoms with Gasteiger partial charge in [0.05, 0.1) is 20.2 Å². The maximum atomic E-state index is 13.1. The van der Waals surface area contributed by atoms with Crippen molar-refractivity contribution in [2.24, 2.45) is 0 Å². The monoisotopic (exact) mass is 428 g/mol. The lowest BCUT2D eigenvalue weighted by atomic mass is 10.2. The molecule has 4 aromatic rings. The van der Waals surface area contributed by atoms with Gasteiger partial charge in [0.2, 0.25) is 5.78 Å². The van der Waals surface area contributed by atoms with E-state index >= 15 is 0 Å². The minimum absolute atomic E-state index is 0.0195. The Morgan fingerprint density at radius 2 is 1.56 bits per heavy atom. The molecule has 2 heterocycles. The van der Waals surface area contributed by atoms with Gasteiger partial charge in [-0.05, 0) is 17.2 Å². The van der Waals surface area contributed by atoms with Gasteiger partial charge in [-0.25, -0.2) is 14.8 Å². The van der Waals surface area contributed by atoms with Crippen LogP contribution in [0.1, 0.15) is 21.7 Å². The fourth-order valence-electron chi connectivity index (χ4n) is 3.31. The van der Waals surface area contributed by atoms with E-state index in [0.717, 1.165) is 23.3 Å². The van der Waals surface area contributed by atoms with Crippen LogP contribution in [0.3, 0.4) is 0 Å². The number of imidazole rings is 1. The van der Waals surface area contributed by atoms with Crippen molar-refractivity contribution < 1.29 is 14.3 Å². The van der Waals surface area contributed by atoms with E-state index in [1.807, 2.05) is 60.7 Å². The molecular weight excluding hydrogens is 408 g/mol. The SMILES string of the molecule is COC(=O)/C=C/C(=O)c1nc2c(=O)n(Cc3ccccc3)cnc2n1Cc1ccccc1. The molecule has 32 heavy (non-hydrogen) atoms. The highest BCUT2D eigenvalue weighted by Crippen LogP contribution is 2.15. The number of carbonyl (C=O) groups excluding carboxylic acids is 2. The van der Waals surface area contributed by atoms with Gasteiger partial charge in [-0.3, -0.25) is 14.2 Å². The van der Waals surface area contributed by atoms with E-state index in [-0.39, 0.29) is 16.9 Å². The third-order valence-electron chi connectivity index (χ3n) is 4.90. The van der Waals surface area contributed by atoms with E-state index in [9.17, 15) is 14.4 Å². The van der Waals surface area contributed by atoms with E-state index in [4.69, 9.17) is 0 Å². The Labute approximate surface area is 183 Å². The summed E-state index contributed by atoms with van der Waals surface area (Å²) < 4.78 is 7.58. The molecule has 2 aromatic carbocycles. The number of carbonyl (C=O) groups is 2. The highest BCUT2D eigenvalue weighted by molar-refractivity contribution is 6.06. The number of allylic oxidation sites excluding steroid dienone is 1. The predicted molar refractivity (Wildman–Crippen MR) is 118 cm³/mol. The van der Waals surface area contributed by atoms with Crippen molar-refractivity contribution in [3.05, 3.63) is 106 Å². The number of rotatable bonds is 7. The Bertz CT molecular complexity index is 1360.